The molecule has 0 aromatic rings. The molecule has 1 N–H and O–H groups in total. The molecule has 0 saturated heterocycles. The van der Waals surface area contributed by atoms with Crippen LogP contribution in [-0.4, -0.2) is 19.0 Å². The van der Waals surface area contributed by atoms with E-state index < -0.39 is 6.09 Å². The Morgan fingerprint density at radius 1 is 1.67 bits per heavy atom. The number of alkyl carbamates (subject to hydrolysis) is 1. The first-order chi connectivity index (χ1) is 5.72. The number of rotatable bonds is 0. The number of allylic oxidation sites excluding steroid dienone is 1. The van der Waals surface area contributed by atoms with E-state index in [-0.39, 0.29) is 0 Å². The molecule has 0 spiro atoms. The van der Waals surface area contributed by atoms with Gasteiger partial charge in [-0.1, -0.05) is 5.57 Å². The van der Waals surface area contributed by atoms with E-state index in [0.29, 0.717) is 5.84 Å². The minimum Gasteiger partial charge on any atom is -0.453 e. The Labute approximate surface area is 71.3 Å². The standard InChI is InChI=1S/C8H12N2O2/c1-6-3-4-7(9-5-6)10-8(11)12-2/h5H,3-4H2,1-2H3,(H,9,10,11). The molecule has 0 bridgehead atoms. The third-order valence-electron chi connectivity index (χ3n) is 1.63. The summed E-state index contributed by atoms with van der Waals surface area (Å²) in [7, 11) is 1.33. The van der Waals surface area contributed by atoms with Crippen LogP contribution in [0.4, 0.5) is 4.79 Å². The summed E-state index contributed by atoms with van der Waals surface area (Å²) in [6.07, 6.45) is 3.02. The van der Waals surface area contributed by atoms with Crippen molar-refractivity contribution in [1.29, 1.82) is 0 Å². The summed E-state index contributed by atoms with van der Waals surface area (Å²) in [5, 5.41) is 2.53. The first-order valence-electron chi connectivity index (χ1n) is 3.79. The predicted molar refractivity (Wildman–Crippen MR) is 46.0 cm³/mol. The number of ether oxygens (including phenoxy) is 1. The van der Waals surface area contributed by atoms with Crippen molar-refractivity contribution in [2.24, 2.45) is 4.99 Å². The topological polar surface area (TPSA) is 50.7 Å². The zero-order chi connectivity index (χ0) is 8.97. The molecule has 0 radical (unpaired) electrons. The number of aliphatic imine (C=N–C) groups is 1. The van der Waals surface area contributed by atoms with Gasteiger partial charge in [-0.3, -0.25) is 5.32 Å². The van der Waals surface area contributed by atoms with Gasteiger partial charge in [-0.05, 0) is 13.3 Å². The molecule has 1 heterocycles. The molecule has 0 saturated carbocycles. The fraction of sp³-hybridized carbons (Fsp3) is 0.500. The second-order valence-electron chi connectivity index (χ2n) is 2.67. The van der Waals surface area contributed by atoms with Gasteiger partial charge in [0, 0.05) is 12.6 Å². The molecule has 0 aliphatic carbocycles. The molecular formula is C8H12N2O2. The fourth-order valence-corrected chi connectivity index (χ4v) is 0.896. The number of hydrogen-bond donors (Lipinski definition) is 1. The van der Waals surface area contributed by atoms with Crippen LogP contribution >= 0.6 is 0 Å². The van der Waals surface area contributed by atoms with Gasteiger partial charge in [0.1, 0.15) is 5.84 Å². The van der Waals surface area contributed by atoms with Crippen molar-refractivity contribution in [1.82, 2.24) is 5.32 Å². The number of amidine groups is 1. The van der Waals surface area contributed by atoms with Crippen LogP contribution in [0.25, 0.3) is 0 Å². The highest BCUT2D eigenvalue weighted by Gasteiger charge is 2.07. The average Bonchev–Trinajstić information content (AvgIpc) is 2.09. The van der Waals surface area contributed by atoms with Gasteiger partial charge in [-0.2, -0.15) is 0 Å². The van der Waals surface area contributed by atoms with Gasteiger partial charge in [-0.25, -0.2) is 9.79 Å². The molecule has 66 valence electrons. The summed E-state index contributed by atoms with van der Waals surface area (Å²) in [4.78, 5) is 14.8. The molecule has 12 heavy (non-hydrogen) atoms. The summed E-state index contributed by atoms with van der Waals surface area (Å²) in [6.45, 7) is 2.01. The highest BCUT2D eigenvalue weighted by molar-refractivity contribution is 5.96. The van der Waals surface area contributed by atoms with Crippen LogP contribution < -0.4 is 5.32 Å². The van der Waals surface area contributed by atoms with E-state index in [9.17, 15) is 4.79 Å². The quantitative estimate of drug-likeness (QED) is 0.595. The Balaban J connectivity index is 2.49. The maximum absolute atomic E-state index is 10.7. The normalized spacial score (nSPS) is 16.2. The lowest BCUT2D eigenvalue weighted by Crippen LogP contribution is -2.30. The van der Waals surface area contributed by atoms with Gasteiger partial charge in [0.25, 0.3) is 0 Å². The first kappa shape index (κ1) is 8.77. The number of carbonyl (C=O) groups excluding carboxylic acids is 1. The largest absolute Gasteiger partial charge is 0.453 e. The molecule has 0 unspecified atom stereocenters. The monoisotopic (exact) mass is 168 g/mol. The maximum Gasteiger partial charge on any atom is 0.412 e. The van der Waals surface area contributed by atoms with E-state index in [4.69, 9.17) is 0 Å². The van der Waals surface area contributed by atoms with Gasteiger partial charge in [0.05, 0.1) is 7.11 Å². The van der Waals surface area contributed by atoms with Crippen LogP contribution in [0.2, 0.25) is 0 Å². The molecule has 0 aromatic carbocycles. The lowest BCUT2D eigenvalue weighted by molar-refractivity contribution is 0.176. The second-order valence-corrected chi connectivity index (χ2v) is 2.67. The molecule has 4 nitrogen and oxygen atoms in total. The highest BCUT2D eigenvalue weighted by atomic mass is 16.5. The Kier molecular flexibility index (Phi) is 2.85. The first-order valence-corrected chi connectivity index (χ1v) is 3.79. The SMILES string of the molecule is COC(=O)NC1=NC=C(C)CC1. The molecular weight excluding hydrogens is 156 g/mol. The van der Waals surface area contributed by atoms with Crippen LogP contribution in [-0.2, 0) is 4.74 Å². The molecule has 1 rings (SSSR count). The van der Waals surface area contributed by atoms with E-state index >= 15 is 0 Å². The number of hydrogen-bond acceptors (Lipinski definition) is 3. The number of methoxy groups -OCH3 is 1. The van der Waals surface area contributed by atoms with Crippen molar-refractivity contribution >= 4 is 11.9 Å². The van der Waals surface area contributed by atoms with Crippen LogP contribution in [0.3, 0.4) is 0 Å². The Hall–Kier alpha value is -1.32. The lowest BCUT2D eigenvalue weighted by atomic mass is 10.1. The summed E-state index contributed by atoms with van der Waals surface area (Å²) < 4.78 is 4.43. The van der Waals surface area contributed by atoms with Crippen molar-refractivity contribution in [3.8, 4) is 0 Å². The van der Waals surface area contributed by atoms with Gasteiger partial charge in [0.2, 0.25) is 0 Å². The number of amides is 1. The van der Waals surface area contributed by atoms with E-state index in [2.05, 4.69) is 15.0 Å². The Bertz CT molecular complexity index is 243. The van der Waals surface area contributed by atoms with Crippen molar-refractivity contribution in [3.63, 3.8) is 0 Å². The van der Waals surface area contributed by atoms with Crippen molar-refractivity contribution in [3.05, 3.63) is 11.8 Å². The van der Waals surface area contributed by atoms with E-state index in [1.807, 2.05) is 6.92 Å². The lowest BCUT2D eigenvalue weighted by Gasteiger charge is -2.10. The van der Waals surface area contributed by atoms with E-state index in [0.717, 1.165) is 12.8 Å². The maximum atomic E-state index is 10.7. The summed E-state index contributed by atoms with van der Waals surface area (Å²) in [5.41, 5.74) is 1.23. The van der Waals surface area contributed by atoms with Gasteiger partial charge >= 0.3 is 6.09 Å². The van der Waals surface area contributed by atoms with Crippen molar-refractivity contribution < 1.29 is 9.53 Å². The fourth-order valence-electron chi connectivity index (χ4n) is 0.896. The number of nitrogens with zero attached hydrogens (tertiary/aromatic N) is 1. The van der Waals surface area contributed by atoms with Crippen LogP contribution in [0.1, 0.15) is 19.8 Å². The zero-order valence-electron chi connectivity index (χ0n) is 7.26. The Morgan fingerprint density at radius 2 is 2.42 bits per heavy atom. The molecule has 1 amide bonds. The summed E-state index contributed by atoms with van der Waals surface area (Å²) in [6, 6.07) is 0. The predicted octanol–water partition coefficient (Wildman–Crippen LogP) is 1.44. The molecule has 0 atom stereocenters. The molecule has 1 aliphatic rings. The molecule has 1 aliphatic heterocycles. The zero-order valence-corrected chi connectivity index (χ0v) is 7.26. The molecule has 0 fully saturated rings. The second kappa shape index (κ2) is 3.90. The van der Waals surface area contributed by atoms with Crippen LogP contribution in [0.5, 0.6) is 0 Å². The van der Waals surface area contributed by atoms with Crippen molar-refractivity contribution in [2.45, 2.75) is 19.8 Å². The highest BCUT2D eigenvalue weighted by Crippen LogP contribution is 2.09. The third-order valence-corrected chi connectivity index (χ3v) is 1.63. The third kappa shape index (κ3) is 2.38. The van der Waals surface area contributed by atoms with E-state index in [1.54, 1.807) is 6.20 Å². The smallest absolute Gasteiger partial charge is 0.412 e. The molecule has 4 heteroatoms. The number of carbonyl (C=O) groups is 1. The minimum absolute atomic E-state index is 0.457. The minimum atomic E-state index is -0.457. The van der Waals surface area contributed by atoms with Crippen LogP contribution in [0, 0.1) is 0 Å². The van der Waals surface area contributed by atoms with Crippen molar-refractivity contribution in [2.75, 3.05) is 7.11 Å². The van der Waals surface area contributed by atoms with E-state index in [1.165, 1.54) is 12.7 Å². The van der Waals surface area contributed by atoms with Gasteiger partial charge < -0.3 is 4.74 Å². The van der Waals surface area contributed by atoms with Crippen LogP contribution in [0.15, 0.2) is 16.8 Å². The van der Waals surface area contributed by atoms with Gasteiger partial charge in [0.15, 0.2) is 0 Å². The summed E-state index contributed by atoms with van der Waals surface area (Å²) >= 11 is 0. The number of nitrogens with one attached hydrogen (secondary N) is 1. The summed E-state index contributed by atoms with van der Waals surface area (Å²) in [5.74, 6) is 0.674. The van der Waals surface area contributed by atoms with Gasteiger partial charge in [-0.15, -0.1) is 0 Å². The molecule has 0 aromatic heterocycles. The average molecular weight is 168 g/mol. The Morgan fingerprint density at radius 3 is 2.92 bits per heavy atom.